The second-order valence-corrected chi connectivity index (χ2v) is 6.69. The van der Waals surface area contributed by atoms with Crippen LogP contribution in [0.2, 0.25) is 0 Å². The quantitative estimate of drug-likeness (QED) is 0.873. The highest BCUT2D eigenvalue weighted by atomic mass is 32.1. The third kappa shape index (κ3) is 3.92. The predicted octanol–water partition coefficient (Wildman–Crippen LogP) is 3.92. The summed E-state index contributed by atoms with van der Waals surface area (Å²) in [6.45, 7) is 1.87. The van der Waals surface area contributed by atoms with E-state index < -0.39 is 0 Å². The van der Waals surface area contributed by atoms with Gasteiger partial charge in [0.05, 0.1) is 12.8 Å². The summed E-state index contributed by atoms with van der Waals surface area (Å²) in [5.41, 5.74) is 0.733. The van der Waals surface area contributed by atoms with Gasteiger partial charge in [0.25, 0.3) is 0 Å². The van der Waals surface area contributed by atoms with Crippen molar-refractivity contribution in [2.24, 2.45) is 0 Å². The molecule has 0 saturated carbocycles. The summed E-state index contributed by atoms with van der Waals surface area (Å²) in [4.78, 5) is 16.1. The van der Waals surface area contributed by atoms with Crippen LogP contribution in [-0.2, 0) is 4.79 Å². The fourth-order valence-electron chi connectivity index (χ4n) is 3.10. The molecule has 0 bridgehead atoms. The molecule has 2 aromatic rings. The molecule has 1 aromatic carbocycles. The van der Waals surface area contributed by atoms with Gasteiger partial charge in [-0.1, -0.05) is 18.2 Å². The zero-order valence-electron chi connectivity index (χ0n) is 13.3. The average Bonchev–Trinajstić information content (AvgIpc) is 3.24. The third-order valence-corrected chi connectivity index (χ3v) is 5.22. The van der Waals surface area contributed by atoms with Crippen molar-refractivity contribution in [1.29, 1.82) is 0 Å². The fourth-order valence-corrected chi connectivity index (χ4v) is 4.00. The molecule has 5 heteroatoms. The minimum Gasteiger partial charge on any atom is -0.495 e. The van der Waals surface area contributed by atoms with Crippen molar-refractivity contribution in [3.8, 4) is 5.75 Å². The second kappa shape index (κ2) is 7.62. The Bertz CT molecular complexity index is 642. The largest absolute Gasteiger partial charge is 0.495 e. The van der Waals surface area contributed by atoms with Gasteiger partial charge in [-0.25, -0.2) is 0 Å². The zero-order chi connectivity index (χ0) is 16.1. The Labute approximate surface area is 141 Å². The molecule has 0 radical (unpaired) electrons. The minimum absolute atomic E-state index is 0.0336. The molecule has 1 aromatic heterocycles. The summed E-state index contributed by atoms with van der Waals surface area (Å²) >= 11 is 1.81. The van der Waals surface area contributed by atoms with Crippen LogP contribution in [0.25, 0.3) is 0 Å². The Balaban J connectivity index is 1.54. The maximum atomic E-state index is 12.2. The molecule has 0 aliphatic carbocycles. The molecular formula is C18H22N2O2S. The van der Waals surface area contributed by atoms with Crippen LogP contribution < -0.4 is 10.1 Å². The highest BCUT2D eigenvalue weighted by molar-refractivity contribution is 7.10. The summed E-state index contributed by atoms with van der Waals surface area (Å²) < 4.78 is 5.27. The van der Waals surface area contributed by atoms with E-state index in [0.717, 1.165) is 18.8 Å². The number of rotatable bonds is 6. The van der Waals surface area contributed by atoms with Crippen LogP contribution in [0.5, 0.6) is 5.75 Å². The molecule has 1 N–H and O–H groups in total. The van der Waals surface area contributed by atoms with Crippen LogP contribution in [0, 0.1) is 0 Å². The molecule has 1 aliphatic rings. The van der Waals surface area contributed by atoms with Crippen LogP contribution in [-0.4, -0.2) is 31.0 Å². The van der Waals surface area contributed by atoms with Crippen molar-refractivity contribution in [2.45, 2.75) is 25.3 Å². The zero-order valence-corrected chi connectivity index (χ0v) is 14.1. The average molecular weight is 330 g/mol. The number of carbonyl (C=O) groups is 1. The van der Waals surface area contributed by atoms with E-state index in [1.54, 1.807) is 18.4 Å². The maximum Gasteiger partial charge on any atom is 0.225 e. The molecule has 1 atom stereocenters. The number of amides is 1. The number of hydrogen-bond donors (Lipinski definition) is 1. The third-order valence-electron chi connectivity index (χ3n) is 4.24. The van der Waals surface area contributed by atoms with Crippen LogP contribution >= 0.6 is 11.3 Å². The van der Waals surface area contributed by atoms with Gasteiger partial charge in [0.2, 0.25) is 5.91 Å². The number of anilines is 1. The van der Waals surface area contributed by atoms with Gasteiger partial charge in [0.1, 0.15) is 5.75 Å². The molecule has 23 heavy (non-hydrogen) atoms. The smallest absolute Gasteiger partial charge is 0.225 e. The van der Waals surface area contributed by atoms with Crippen molar-refractivity contribution in [2.75, 3.05) is 25.5 Å². The molecule has 2 heterocycles. The number of nitrogens with zero attached hydrogens (tertiary/aromatic N) is 1. The lowest BCUT2D eigenvalue weighted by atomic mass is 10.2. The summed E-state index contributed by atoms with van der Waals surface area (Å²) in [6.07, 6.45) is 2.89. The van der Waals surface area contributed by atoms with Crippen LogP contribution in [0.1, 0.15) is 30.2 Å². The normalized spacial score (nSPS) is 18.0. The predicted molar refractivity (Wildman–Crippen MR) is 94.1 cm³/mol. The topological polar surface area (TPSA) is 41.6 Å². The number of nitrogens with one attached hydrogen (secondary N) is 1. The molecule has 0 spiro atoms. The van der Waals surface area contributed by atoms with Gasteiger partial charge in [0, 0.05) is 23.9 Å². The second-order valence-electron chi connectivity index (χ2n) is 5.71. The van der Waals surface area contributed by atoms with E-state index in [1.807, 2.05) is 24.3 Å². The number of benzene rings is 1. The van der Waals surface area contributed by atoms with E-state index in [-0.39, 0.29) is 5.91 Å². The summed E-state index contributed by atoms with van der Waals surface area (Å²) in [5.74, 6) is 0.727. The highest BCUT2D eigenvalue weighted by Crippen LogP contribution is 2.34. The summed E-state index contributed by atoms with van der Waals surface area (Å²) in [5, 5.41) is 5.07. The number of thiophene rings is 1. The Morgan fingerprint density at radius 1 is 1.35 bits per heavy atom. The molecule has 1 aliphatic heterocycles. The van der Waals surface area contributed by atoms with E-state index in [2.05, 4.69) is 27.7 Å². The van der Waals surface area contributed by atoms with Crippen molar-refractivity contribution in [1.82, 2.24) is 4.90 Å². The molecule has 4 nitrogen and oxygen atoms in total. The lowest BCUT2D eigenvalue weighted by Gasteiger charge is -2.23. The number of carbonyl (C=O) groups excluding carboxylic acids is 1. The van der Waals surface area contributed by atoms with Gasteiger partial charge in [-0.15, -0.1) is 11.3 Å². The minimum atomic E-state index is 0.0336. The van der Waals surface area contributed by atoms with Crippen molar-refractivity contribution in [3.05, 3.63) is 46.7 Å². The molecule has 1 saturated heterocycles. The number of ether oxygens (including phenoxy) is 1. The number of methoxy groups -OCH3 is 1. The first kappa shape index (κ1) is 16.0. The van der Waals surface area contributed by atoms with E-state index in [0.29, 0.717) is 18.2 Å². The lowest BCUT2D eigenvalue weighted by molar-refractivity contribution is -0.116. The molecule has 122 valence electrons. The van der Waals surface area contributed by atoms with Gasteiger partial charge in [0.15, 0.2) is 0 Å². The molecule has 1 fully saturated rings. The Morgan fingerprint density at radius 2 is 2.22 bits per heavy atom. The van der Waals surface area contributed by atoms with Gasteiger partial charge in [-0.05, 0) is 43.0 Å². The standard InChI is InChI=1S/C18H22N2O2S/c1-22-16-8-3-2-6-14(16)19-18(21)10-12-20-11-4-7-15(20)17-9-5-13-23-17/h2-3,5-6,8-9,13,15H,4,7,10-12H2,1H3,(H,19,21)/t15-/m1/s1. The molecule has 1 amide bonds. The summed E-state index contributed by atoms with van der Waals surface area (Å²) in [6, 6.07) is 12.3. The Hall–Kier alpha value is -1.85. The fraction of sp³-hybridized carbons (Fsp3) is 0.389. The van der Waals surface area contributed by atoms with Crippen molar-refractivity contribution < 1.29 is 9.53 Å². The molecule has 3 rings (SSSR count). The van der Waals surface area contributed by atoms with E-state index in [4.69, 9.17) is 4.74 Å². The molecule has 0 unspecified atom stereocenters. The van der Waals surface area contributed by atoms with E-state index in [9.17, 15) is 4.79 Å². The Morgan fingerprint density at radius 3 is 3.00 bits per heavy atom. The monoisotopic (exact) mass is 330 g/mol. The number of para-hydroxylation sites is 2. The van der Waals surface area contributed by atoms with Crippen LogP contribution in [0.3, 0.4) is 0 Å². The number of likely N-dealkylation sites (tertiary alicyclic amines) is 1. The van der Waals surface area contributed by atoms with Crippen molar-refractivity contribution >= 4 is 22.9 Å². The highest BCUT2D eigenvalue weighted by Gasteiger charge is 2.26. The maximum absolute atomic E-state index is 12.2. The van der Waals surface area contributed by atoms with E-state index >= 15 is 0 Å². The van der Waals surface area contributed by atoms with Crippen LogP contribution in [0.15, 0.2) is 41.8 Å². The van der Waals surface area contributed by atoms with E-state index in [1.165, 1.54) is 17.7 Å². The first-order valence-electron chi connectivity index (χ1n) is 7.98. The van der Waals surface area contributed by atoms with Crippen LogP contribution in [0.4, 0.5) is 5.69 Å². The first-order valence-corrected chi connectivity index (χ1v) is 8.86. The first-order chi connectivity index (χ1) is 11.3. The lowest BCUT2D eigenvalue weighted by Crippen LogP contribution is -2.27. The SMILES string of the molecule is COc1ccccc1NC(=O)CCN1CCC[C@@H]1c1cccs1. The van der Waals surface area contributed by atoms with Gasteiger partial charge < -0.3 is 10.1 Å². The van der Waals surface area contributed by atoms with Gasteiger partial charge in [-0.3, -0.25) is 9.69 Å². The van der Waals surface area contributed by atoms with Gasteiger partial charge >= 0.3 is 0 Å². The van der Waals surface area contributed by atoms with Crippen molar-refractivity contribution in [3.63, 3.8) is 0 Å². The van der Waals surface area contributed by atoms with Gasteiger partial charge in [-0.2, -0.15) is 0 Å². The number of hydrogen-bond acceptors (Lipinski definition) is 4. The summed E-state index contributed by atoms with van der Waals surface area (Å²) in [7, 11) is 1.61. The Kier molecular flexibility index (Phi) is 5.31. The molecular weight excluding hydrogens is 308 g/mol.